The molecule has 0 bridgehead atoms. The van der Waals surface area contributed by atoms with Gasteiger partial charge in [0.05, 0.1) is 10.4 Å². The van der Waals surface area contributed by atoms with Crippen molar-refractivity contribution in [3.8, 4) is 0 Å². The monoisotopic (exact) mass is 341 g/mol. The molecule has 2 unspecified atom stereocenters. The highest BCUT2D eigenvalue weighted by Gasteiger charge is 2.27. The molecule has 0 spiro atoms. The summed E-state index contributed by atoms with van der Waals surface area (Å²) >= 11 is 0. The van der Waals surface area contributed by atoms with E-state index in [4.69, 9.17) is 0 Å². The molecule has 2 heterocycles. The van der Waals surface area contributed by atoms with Crippen LogP contribution in [0.2, 0.25) is 0 Å². The van der Waals surface area contributed by atoms with Crippen molar-refractivity contribution in [2.75, 3.05) is 6.54 Å². The second-order valence-corrected chi connectivity index (χ2v) is 7.12. The minimum Gasteiger partial charge on any atom is -0.313 e. The van der Waals surface area contributed by atoms with E-state index in [-0.39, 0.29) is 24.5 Å². The van der Waals surface area contributed by atoms with Crippen LogP contribution in [0.4, 0.5) is 0 Å². The number of nitrogens with one attached hydrogen (secondary N) is 2. The summed E-state index contributed by atoms with van der Waals surface area (Å²) in [6, 6.07) is 8.79. The van der Waals surface area contributed by atoms with Crippen LogP contribution in [0, 0.1) is 0 Å². The molecule has 1 aromatic carbocycles. The van der Waals surface area contributed by atoms with E-state index in [2.05, 4.69) is 15.0 Å². The quantitative estimate of drug-likeness (QED) is 0.896. The van der Waals surface area contributed by atoms with Gasteiger partial charge < -0.3 is 5.32 Å². The summed E-state index contributed by atoms with van der Waals surface area (Å²) in [6.45, 7) is 2.95. The number of piperidine rings is 1. The fraction of sp³-hybridized carbons (Fsp3) is 0.400. The van der Waals surface area contributed by atoms with Gasteiger partial charge in [-0.3, -0.25) is 4.98 Å². The van der Waals surface area contributed by atoms with Gasteiger partial charge in [-0.05, 0) is 50.6 Å². The van der Waals surface area contributed by atoms with E-state index >= 15 is 0 Å². The molecule has 120 valence electrons. The Hall–Kier alpha value is -1.21. The number of rotatable bonds is 3. The number of halogens is 1. The third-order valence-corrected chi connectivity index (χ3v) is 5.51. The molecule has 0 amide bonds. The van der Waals surface area contributed by atoms with Gasteiger partial charge in [-0.1, -0.05) is 6.07 Å². The molecule has 1 aromatic heterocycles. The lowest BCUT2D eigenvalue weighted by Crippen LogP contribution is -2.51. The van der Waals surface area contributed by atoms with E-state index in [9.17, 15) is 8.42 Å². The summed E-state index contributed by atoms with van der Waals surface area (Å²) in [5, 5.41) is 3.96. The van der Waals surface area contributed by atoms with E-state index in [1.54, 1.807) is 30.5 Å². The number of fused-ring (bicyclic) bond motifs is 1. The van der Waals surface area contributed by atoms with Crippen LogP contribution < -0.4 is 10.0 Å². The fourth-order valence-electron chi connectivity index (χ4n) is 2.78. The standard InChI is InChI=1S/C15H19N3O2S.ClH/c1-11-13(7-4-9-16-11)18-21(19,20)15-8-2-6-14-12(15)5-3-10-17-14;/h2-3,5-6,8,10-11,13,16,18H,4,7,9H2,1H3;1H. The zero-order valence-electron chi connectivity index (χ0n) is 12.3. The largest absolute Gasteiger partial charge is 0.313 e. The Balaban J connectivity index is 0.00000176. The molecule has 1 fully saturated rings. The first kappa shape index (κ1) is 17.1. The SMILES string of the molecule is CC1NCCCC1NS(=O)(=O)c1cccc2ncccc12.Cl. The van der Waals surface area contributed by atoms with Crippen molar-refractivity contribution in [1.82, 2.24) is 15.0 Å². The minimum atomic E-state index is -3.55. The Labute approximate surface area is 137 Å². The third kappa shape index (κ3) is 3.41. The Morgan fingerprint density at radius 2 is 2.09 bits per heavy atom. The van der Waals surface area contributed by atoms with Crippen LogP contribution in [0.3, 0.4) is 0 Å². The van der Waals surface area contributed by atoms with Gasteiger partial charge in [0.2, 0.25) is 10.0 Å². The molecule has 2 N–H and O–H groups in total. The minimum absolute atomic E-state index is 0. The number of pyridine rings is 1. The molecule has 1 saturated heterocycles. The van der Waals surface area contributed by atoms with E-state index < -0.39 is 10.0 Å². The first-order valence-corrected chi connectivity index (χ1v) is 8.66. The molecule has 22 heavy (non-hydrogen) atoms. The molecular formula is C15H20ClN3O2S. The van der Waals surface area contributed by atoms with Crippen molar-refractivity contribution in [3.05, 3.63) is 36.5 Å². The zero-order valence-corrected chi connectivity index (χ0v) is 14.0. The molecule has 0 radical (unpaired) electrons. The van der Waals surface area contributed by atoms with Crippen LogP contribution in [0.5, 0.6) is 0 Å². The van der Waals surface area contributed by atoms with Gasteiger partial charge in [-0.15, -0.1) is 12.4 Å². The fourth-order valence-corrected chi connectivity index (χ4v) is 4.34. The van der Waals surface area contributed by atoms with Crippen LogP contribution in [-0.4, -0.2) is 32.0 Å². The average Bonchev–Trinajstić information content (AvgIpc) is 2.49. The van der Waals surface area contributed by atoms with Crippen molar-refractivity contribution in [2.24, 2.45) is 0 Å². The van der Waals surface area contributed by atoms with E-state index in [0.717, 1.165) is 19.4 Å². The molecule has 1 aliphatic rings. The van der Waals surface area contributed by atoms with Gasteiger partial charge in [0.25, 0.3) is 0 Å². The van der Waals surface area contributed by atoms with Crippen molar-refractivity contribution in [2.45, 2.75) is 36.7 Å². The summed E-state index contributed by atoms with van der Waals surface area (Å²) in [5.74, 6) is 0. The normalized spacial score (nSPS) is 22.2. The first-order chi connectivity index (χ1) is 10.1. The highest BCUT2D eigenvalue weighted by molar-refractivity contribution is 7.89. The number of sulfonamides is 1. The lowest BCUT2D eigenvalue weighted by Gasteiger charge is -2.30. The lowest BCUT2D eigenvalue weighted by atomic mass is 10.0. The number of aromatic nitrogens is 1. The molecule has 3 rings (SSSR count). The van der Waals surface area contributed by atoms with Gasteiger partial charge in [0.1, 0.15) is 0 Å². The number of nitrogens with zero attached hydrogens (tertiary/aromatic N) is 1. The van der Waals surface area contributed by atoms with Crippen molar-refractivity contribution in [1.29, 1.82) is 0 Å². The molecule has 7 heteroatoms. The smallest absolute Gasteiger partial charge is 0.241 e. The van der Waals surface area contributed by atoms with Crippen molar-refractivity contribution < 1.29 is 8.42 Å². The molecule has 0 saturated carbocycles. The Morgan fingerprint density at radius 3 is 2.86 bits per heavy atom. The second kappa shape index (κ2) is 6.91. The summed E-state index contributed by atoms with van der Waals surface area (Å²) in [5.41, 5.74) is 0.690. The van der Waals surface area contributed by atoms with Crippen LogP contribution in [-0.2, 0) is 10.0 Å². The Morgan fingerprint density at radius 1 is 1.27 bits per heavy atom. The average molecular weight is 342 g/mol. The molecule has 1 aliphatic heterocycles. The second-order valence-electron chi connectivity index (χ2n) is 5.44. The molecule has 2 aromatic rings. The Kier molecular flexibility index (Phi) is 5.39. The number of hydrogen-bond acceptors (Lipinski definition) is 4. The van der Waals surface area contributed by atoms with Crippen molar-refractivity contribution in [3.63, 3.8) is 0 Å². The van der Waals surface area contributed by atoms with Gasteiger partial charge in [-0.2, -0.15) is 0 Å². The van der Waals surface area contributed by atoms with Gasteiger partial charge in [0.15, 0.2) is 0 Å². The van der Waals surface area contributed by atoms with Crippen LogP contribution in [0.1, 0.15) is 19.8 Å². The predicted octanol–water partition coefficient (Wildman–Crippen LogP) is 2.08. The molecule has 0 aliphatic carbocycles. The molecular weight excluding hydrogens is 322 g/mol. The van der Waals surface area contributed by atoms with Crippen LogP contribution in [0.25, 0.3) is 10.9 Å². The maximum atomic E-state index is 12.7. The molecule has 5 nitrogen and oxygen atoms in total. The maximum Gasteiger partial charge on any atom is 0.241 e. The van der Waals surface area contributed by atoms with E-state index in [0.29, 0.717) is 15.8 Å². The van der Waals surface area contributed by atoms with E-state index in [1.165, 1.54) is 0 Å². The highest BCUT2D eigenvalue weighted by atomic mass is 35.5. The highest BCUT2D eigenvalue weighted by Crippen LogP contribution is 2.22. The summed E-state index contributed by atoms with van der Waals surface area (Å²) in [6.07, 6.45) is 3.50. The van der Waals surface area contributed by atoms with E-state index in [1.807, 2.05) is 13.0 Å². The third-order valence-electron chi connectivity index (χ3n) is 3.96. The van der Waals surface area contributed by atoms with Gasteiger partial charge in [0, 0.05) is 23.7 Å². The van der Waals surface area contributed by atoms with Crippen molar-refractivity contribution >= 4 is 33.3 Å². The zero-order chi connectivity index (χ0) is 14.9. The Bertz CT molecular complexity index is 746. The summed E-state index contributed by atoms with van der Waals surface area (Å²) in [7, 11) is -3.55. The van der Waals surface area contributed by atoms with Gasteiger partial charge >= 0.3 is 0 Å². The van der Waals surface area contributed by atoms with Crippen LogP contribution >= 0.6 is 12.4 Å². The predicted molar refractivity (Wildman–Crippen MR) is 89.8 cm³/mol. The van der Waals surface area contributed by atoms with Crippen LogP contribution in [0.15, 0.2) is 41.4 Å². The van der Waals surface area contributed by atoms with Gasteiger partial charge in [-0.25, -0.2) is 13.1 Å². The lowest BCUT2D eigenvalue weighted by molar-refractivity contribution is 0.349. The first-order valence-electron chi connectivity index (χ1n) is 7.17. The maximum absolute atomic E-state index is 12.7. The summed E-state index contributed by atoms with van der Waals surface area (Å²) in [4.78, 5) is 4.51. The number of benzene rings is 1. The topological polar surface area (TPSA) is 71.1 Å². The molecule has 2 atom stereocenters. The summed E-state index contributed by atoms with van der Waals surface area (Å²) < 4.78 is 28.2. The number of hydrogen-bond donors (Lipinski definition) is 2.